The summed E-state index contributed by atoms with van der Waals surface area (Å²) in [6.07, 6.45) is 6.37. The van der Waals surface area contributed by atoms with Gasteiger partial charge in [0.15, 0.2) is 5.11 Å². The Morgan fingerprint density at radius 2 is 1.96 bits per heavy atom. The first-order valence-electron chi connectivity index (χ1n) is 8.32. The third-order valence-electron chi connectivity index (χ3n) is 4.57. The lowest BCUT2D eigenvalue weighted by atomic mass is 10.1. The van der Waals surface area contributed by atoms with Gasteiger partial charge in [0.05, 0.1) is 11.9 Å². The van der Waals surface area contributed by atoms with Crippen molar-refractivity contribution in [1.29, 1.82) is 0 Å². The van der Waals surface area contributed by atoms with Gasteiger partial charge in [-0.15, -0.1) is 0 Å². The van der Waals surface area contributed by atoms with Crippen LogP contribution < -0.4 is 20.5 Å². The van der Waals surface area contributed by atoms with Crippen LogP contribution in [0.15, 0.2) is 18.2 Å². The minimum atomic E-state index is -3.29. The Hall–Kier alpha value is -1.87. The van der Waals surface area contributed by atoms with Crippen LogP contribution in [-0.4, -0.2) is 38.3 Å². The van der Waals surface area contributed by atoms with Crippen LogP contribution in [0, 0.1) is 0 Å². The number of hydrogen-bond donors (Lipinski definition) is 3. The monoisotopic (exact) mass is 382 g/mol. The van der Waals surface area contributed by atoms with E-state index in [0.717, 1.165) is 18.4 Å². The summed E-state index contributed by atoms with van der Waals surface area (Å²) >= 11 is 5.18. The second-order valence-electron chi connectivity index (χ2n) is 6.46. The predicted octanol–water partition coefficient (Wildman–Crippen LogP) is 1.06. The van der Waals surface area contributed by atoms with Crippen molar-refractivity contribution in [1.82, 2.24) is 16.2 Å². The standard InChI is InChI=1S/C16H22N4O3S2/c1-25(22,23)20-9-8-11-10-12(6-7-14(11)20)15(21)18-19-16(24)17-13-4-2-3-5-13/h6-7,10,13H,2-5,8-9H2,1H3,(H,18,21)(H2,17,19,24). The largest absolute Gasteiger partial charge is 0.359 e. The van der Waals surface area contributed by atoms with Gasteiger partial charge in [0.2, 0.25) is 10.0 Å². The third kappa shape index (κ3) is 4.21. The topological polar surface area (TPSA) is 90.5 Å². The summed E-state index contributed by atoms with van der Waals surface area (Å²) in [4.78, 5) is 12.3. The molecular formula is C16H22N4O3S2. The smallest absolute Gasteiger partial charge is 0.269 e. The van der Waals surface area contributed by atoms with Crippen molar-refractivity contribution in [2.75, 3.05) is 17.1 Å². The zero-order valence-electron chi connectivity index (χ0n) is 14.0. The summed E-state index contributed by atoms with van der Waals surface area (Å²) in [6.45, 7) is 0.410. The maximum Gasteiger partial charge on any atom is 0.269 e. The second kappa shape index (κ2) is 7.17. The molecule has 0 unspecified atom stereocenters. The number of rotatable bonds is 3. The molecule has 1 aromatic rings. The van der Waals surface area contributed by atoms with E-state index in [-0.39, 0.29) is 5.91 Å². The van der Waals surface area contributed by atoms with Crippen molar-refractivity contribution in [3.05, 3.63) is 29.3 Å². The van der Waals surface area contributed by atoms with Crippen molar-refractivity contribution < 1.29 is 13.2 Å². The zero-order valence-corrected chi connectivity index (χ0v) is 15.7. The third-order valence-corrected chi connectivity index (χ3v) is 5.97. The van der Waals surface area contributed by atoms with E-state index >= 15 is 0 Å². The van der Waals surface area contributed by atoms with E-state index in [9.17, 15) is 13.2 Å². The van der Waals surface area contributed by atoms with Gasteiger partial charge in [-0.25, -0.2) is 8.42 Å². The van der Waals surface area contributed by atoms with Gasteiger partial charge in [0.1, 0.15) is 0 Å². The summed E-state index contributed by atoms with van der Waals surface area (Å²) in [5, 5.41) is 3.59. The van der Waals surface area contributed by atoms with Crippen LogP contribution in [0.3, 0.4) is 0 Å². The molecule has 1 heterocycles. The Bertz CT molecular complexity index is 789. The van der Waals surface area contributed by atoms with E-state index in [2.05, 4.69) is 16.2 Å². The van der Waals surface area contributed by atoms with Crippen LogP contribution >= 0.6 is 12.2 Å². The van der Waals surface area contributed by atoms with E-state index in [1.54, 1.807) is 18.2 Å². The molecule has 0 saturated heterocycles. The molecule has 1 fully saturated rings. The molecule has 25 heavy (non-hydrogen) atoms. The molecule has 3 rings (SSSR count). The molecule has 136 valence electrons. The molecule has 0 aromatic heterocycles. The number of carbonyl (C=O) groups is 1. The molecular weight excluding hydrogens is 360 g/mol. The van der Waals surface area contributed by atoms with Crippen LogP contribution in [0.2, 0.25) is 0 Å². The van der Waals surface area contributed by atoms with Crippen molar-refractivity contribution in [2.45, 2.75) is 38.1 Å². The molecule has 1 aliphatic heterocycles. The number of carbonyl (C=O) groups excluding carboxylic acids is 1. The molecule has 7 nitrogen and oxygen atoms in total. The molecule has 1 aliphatic carbocycles. The number of hydrazine groups is 1. The Kier molecular flexibility index (Phi) is 5.14. The van der Waals surface area contributed by atoms with E-state index < -0.39 is 10.0 Å². The van der Waals surface area contributed by atoms with Crippen LogP contribution in [-0.2, 0) is 16.4 Å². The van der Waals surface area contributed by atoms with Gasteiger partial charge < -0.3 is 5.32 Å². The number of sulfonamides is 1. The number of anilines is 1. The Labute approximate surface area is 153 Å². The number of hydrogen-bond acceptors (Lipinski definition) is 4. The lowest BCUT2D eigenvalue weighted by Crippen LogP contribution is -2.49. The summed E-state index contributed by atoms with van der Waals surface area (Å²) < 4.78 is 24.9. The highest BCUT2D eigenvalue weighted by molar-refractivity contribution is 7.92. The number of nitrogens with one attached hydrogen (secondary N) is 3. The molecule has 0 bridgehead atoms. The average Bonchev–Trinajstić information content (AvgIpc) is 3.20. The van der Waals surface area contributed by atoms with Gasteiger partial charge in [0, 0.05) is 18.2 Å². The minimum absolute atomic E-state index is 0.309. The van der Waals surface area contributed by atoms with Crippen molar-refractivity contribution >= 4 is 38.9 Å². The van der Waals surface area contributed by atoms with Crippen molar-refractivity contribution in [3.8, 4) is 0 Å². The summed E-state index contributed by atoms with van der Waals surface area (Å²) in [5.41, 5.74) is 7.26. The summed E-state index contributed by atoms with van der Waals surface area (Å²) in [6, 6.07) is 5.39. The Balaban J connectivity index is 1.59. The highest BCUT2D eigenvalue weighted by Crippen LogP contribution is 2.30. The SMILES string of the molecule is CS(=O)(=O)N1CCc2cc(C(=O)NNC(=S)NC3CCCC3)ccc21. The molecule has 3 N–H and O–H groups in total. The summed E-state index contributed by atoms with van der Waals surface area (Å²) in [5.74, 6) is -0.309. The van der Waals surface area contributed by atoms with Crippen molar-refractivity contribution in [3.63, 3.8) is 0 Å². The maximum absolute atomic E-state index is 12.3. The zero-order chi connectivity index (χ0) is 18.0. The van der Waals surface area contributed by atoms with Crippen LogP contribution in [0.4, 0.5) is 5.69 Å². The lowest BCUT2D eigenvalue weighted by Gasteiger charge is -2.17. The second-order valence-corrected chi connectivity index (χ2v) is 8.78. The quantitative estimate of drug-likeness (QED) is 0.535. The van der Waals surface area contributed by atoms with Crippen molar-refractivity contribution in [2.24, 2.45) is 0 Å². The first-order chi connectivity index (χ1) is 11.8. The van der Waals surface area contributed by atoms with Crippen LogP contribution in [0.5, 0.6) is 0 Å². The number of amides is 1. The normalized spacial score (nSPS) is 17.2. The fraction of sp³-hybridized carbons (Fsp3) is 0.500. The Morgan fingerprint density at radius 3 is 2.64 bits per heavy atom. The minimum Gasteiger partial charge on any atom is -0.359 e. The van der Waals surface area contributed by atoms with Gasteiger partial charge in [-0.1, -0.05) is 12.8 Å². The first-order valence-corrected chi connectivity index (χ1v) is 10.6. The highest BCUT2D eigenvalue weighted by Gasteiger charge is 2.26. The van der Waals surface area contributed by atoms with Gasteiger partial charge in [-0.3, -0.25) is 20.0 Å². The van der Waals surface area contributed by atoms with Gasteiger partial charge >= 0.3 is 0 Å². The first kappa shape index (κ1) is 17.9. The molecule has 0 atom stereocenters. The molecule has 9 heteroatoms. The summed E-state index contributed by atoms with van der Waals surface area (Å²) in [7, 11) is -3.29. The molecule has 1 aromatic carbocycles. The number of thiocarbonyl (C=S) groups is 1. The molecule has 1 saturated carbocycles. The molecule has 2 aliphatic rings. The number of benzene rings is 1. The van der Waals surface area contributed by atoms with Crippen LogP contribution in [0.1, 0.15) is 41.6 Å². The fourth-order valence-corrected chi connectivity index (χ4v) is 4.51. The lowest BCUT2D eigenvalue weighted by molar-refractivity contribution is 0.0943. The fourth-order valence-electron chi connectivity index (χ4n) is 3.33. The maximum atomic E-state index is 12.3. The highest BCUT2D eigenvalue weighted by atomic mass is 32.2. The van der Waals surface area contributed by atoms with Gasteiger partial charge in [-0.2, -0.15) is 0 Å². The number of fused-ring (bicyclic) bond motifs is 1. The van der Waals surface area contributed by atoms with Gasteiger partial charge in [0.25, 0.3) is 5.91 Å². The number of nitrogens with zero attached hydrogens (tertiary/aromatic N) is 1. The van der Waals surface area contributed by atoms with Gasteiger partial charge in [-0.05, 0) is 55.2 Å². The van der Waals surface area contributed by atoms with E-state index in [0.29, 0.717) is 35.4 Å². The Morgan fingerprint density at radius 1 is 1.24 bits per heavy atom. The predicted molar refractivity (Wildman–Crippen MR) is 101 cm³/mol. The van der Waals surface area contributed by atoms with E-state index in [4.69, 9.17) is 12.2 Å². The average molecular weight is 383 g/mol. The van der Waals surface area contributed by atoms with Crippen LogP contribution in [0.25, 0.3) is 0 Å². The molecule has 0 radical (unpaired) electrons. The van der Waals surface area contributed by atoms with E-state index in [1.165, 1.54) is 23.4 Å². The molecule has 0 spiro atoms. The van der Waals surface area contributed by atoms with E-state index in [1.807, 2.05) is 0 Å². The molecule has 1 amide bonds.